The highest BCUT2D eigenvalue weighted by Crippen LogP contribution is 2.60. The van der Waals surface area contributed by atoms with Crippen LogP contribution >= 0.6 is 7.60 Å². The maximum Gasteiger partial charge on any atom is 0.374 e. The Labute approximate surface area is 217 Å². The van der Waals surface area contributed by atoms with Crippen LogP contribution in [-0.2, 0) is 13.6 Å². The molecule has 9 nitrogen and oxygen atoms in total. The third kappa shape index (κ3) is 6.13. The monoisotopic (exact) mass is 524 g/mol. The fourth-order valence-corrected chi connectivity index (χ4v) is 5.71. The number of nitrogens with zero attached hydrogens (tertiary/aromatic N) is 1. The highest BCUT2D eigenvalue weighted by Gasteiger charge is 2.38. The molecule has 1 fully saturated rings. The lowest BCUT2D eigenvalue weighted by Crippen LogP contribution is -2.40. The van der Waals surface area contributed by atoms with Crippen molar-refractivity contribution in [3.8, 4) is 11.5 Å². The van der Waals surface area contributed by atoms with Crippen LogP contribution in [0.4, 0.5) is 0 Å². The van der Waals surface area contributed by atoms with Gasteiger partial charge >= 0.3 is 7.60 Å². The molecule has 0 radical (unpaired) electrons. The molecule has 37 heavy (non-hydrogen) atoms. The number of nitrogens with one attached hydrogen (secondary N) is 2. The number of nitrogens with two attached hydrogens (primary N) is 1. The summed E-state index contributed by atoms with van der Waals surface area (Å²) in [5.74, 6) is 0.733. The Balaban J connectivity index is 1.55. The van der Waals surface area contributed by atoms with Crippen LogP contribution in [-0.4, -0.2) is 50.0 Å². The first-order valence-electron chi connectivity index (χ1n) is 12.0. The summed E-state index contributed by atoms with van der Waals surface area (Å²) in [5, 5.41) is 17.3. The number of benzene rings is 3. The Kier molecular flexibility index (Phi) is 8.17. The number of fused-ring (bicyclic) bond motifs is 1. The van der Waals surface area contributed by atoms with Crippen LogP contribution in [0.25, 0.3) is 10.8 Å². The summed E-state index contributed by atoms with van der Waals surface area (Å²) in [4.78, 5) is 2.05. The highest BCUT2D eigenvalue weighted by atomic mass is 31.2. The number of amidine groups is 2. The van der Waals surface area contributed by atoms with E-state index in [1.165, 1.54) is 14.2 Å². The minimum Gasteiger partial charge on any atom is -0.490 e. The van der Waals surface area contributed by atoms with Crippen LogP contribution in [0.5, 0.6) is 11.5 Å². The topological polar surface area (TPSA) is 131 Å². The fraction of sp³-hybridized carbons (Fsp3) is 0.333. The smallest absolute Gasteiger partial charge is 0.374 e. The zero-order chi connectivity index (χ0) is 26.6. The number of likely N-dealkylation sites (tertiary alicyclic amines) is 1. The zero-order valence-electron chi connectivity index (χ0n) is 21.3. The van der Waals surface area contributed by atoms with Crippen molar-refractivity contribution >= 4 is 30.0 Å². The van der Waals surface area contributed by atoms with Gasteiger partial charge in [-0.1, -0.05) is 30.3 Å². The van der Waals surface area contributed by atoms with Gasteiger partial charge in [-0.05, 0) is 48.0 Å². The molecule has 0 spiro atoms. The molecule has 3 aromatic carbocycles. The lowest BCUT2D eigenvalue weighted by atomic mass is 10.1. The van der Waals surface area contributed by atoms with Gasteiger partial charge in [0.1, 0.15) is 23.4 Å². The van der Waals surface area contributed by atoms with Gasteiger partial charge in [-0.25, -0.2) is 0 Å². The second kappa shape index (κ2) is 11.3. The summed E-state index contributed by atoms with van der Waals surface area (Å²) >= 11 is 0. The first kappa shape index (κ1) is 26.7. The van der Waals surface area contributed by atoms with E-state index in [4.69, 9.17) is 35.1 Å². The summed E-state index contributed by atoms with van der Waals surface area (Å²) in [6.45, 7) is 3.41. The van der Waals surface area contributed by atoms with E-state index in [0.717, 1.165) is 36.7 Å². The number of rotatable bonds is 9. The average Bonchev–Trinajstić information content (AvgIpc) is 2.91. The van der Waals surface area contributed by atoms with E-state index in [-0.39, 0.29) is 11.9 Å². The molecule has 0 aromatic heterocycles. The summed E-state index contributed by atoms with van der Waals surface area (Å²) < 4.78 is 36.5. The summed E-state index contributed by atoms with van der Waals surface area (Å²) in [6.07, 6.45) is 1.77. The van der Waals surface area contributed by atoms with Crippen molar-refractivity contribution in [1.29, 1.82) is 10.8 Å². The van der Waals surface area contributed by atoms with E-state index in [1.54, 1.807) is 31.2 Å². The van der Waals surface area contributed by atoms with Crippen molar-refractivity contribution in [3.05, 3.63) is 71.8 Å². The van der Waals surface area contributed by atoms with Crippen LogP contribution in [0, 0.1) is 10.8 Å². The van der Waals surface area contributed by atoms with Crippen molar-refractivity contribution < 1.29 is 23.1 Å². The van der Waals surface area contributed by atoms with Gasteiger partial charge in [0.25, 0.3) is 0 Å². The standard InChI is InChI=1S/C27H33N4O5P/c1-18(28)31-14-12-24(13-15-31)35-23-9-7-20(8-10-23)27(37(32,33-2)34-3)36-25-11-6-19-4-5-21(26(29)30)16-22(19)17-25/h4-11,16-17,24,27-28H,12-15H2,1-3H3,(H3,29,30). The SMILES string of the molecule is COP(=O)(OC)C(Oc1ccc2ccc(C(=N)N)cc2c1)c1ccc(OC2CCN(C(C)=N)CC2)cc1. The summed E-state index contributed by atoms with van der Waals surface area (Å²) in [6, 6.07) is 18.2. The molecular weight excluding hydrogens is 491 g/mol. The maximum absolute atomic E-state index is 13.5. The summed E-state index contributed by atoms with van der Waals surface area (Å²) in [7, 11) is -1.01. The van der Waals surface area contributed by atoms with E-state index < -0.39 is 13.4 Å². The molecule has 4 rings (SSSR count). The van der Waals surface area contributed by atoms with Crippen LogP contribution in [0.15, 0.2) is 60.7 Å². The Bertz CT molecular complexity index is 1310. The predicted octanol–water partition coefficient (Wildman–Crippen LogP) is 5.53. The maximum atomic E-state index is 13.5. The molecule has 1 saturated heterocycles. The molecule has 196 valence electrons. The lowest BCUT2D eigenvalue weighted by Gasteiger charge is -2.33. The Hall–Kier alpha value is -3.39. The fourth-order valence-electron chi connectivity index (χ4n) is 4.39. The minimum absolute atomic E-state index is 0.0212. The van der Waals surface area contributed by atoms with E-state index >= 15 is 0 Å². The lowest BCUT2D eigenvalue weighted by molar-refractivity contribution is 0.130. The first-order valence-corrected chi connectivity index (χ1v) is 13.7. The van der Waals surface area contributed by atoms with Gasteiger partial charge in [0.2, 0.25) is 5.85 Å². The van der Waals surface area contributed by atoms with Gasteiger partial charge in [-0.3, -0.25) is 15.4 Å². The Morgan fingerprint density at radius 2 is 1.57 bits per heavy atom. The number of nitrogen functional groups attached to an aromatic ring is 1. The van der Waals surface area contributed by atoms with Gasteiger partial charge in [-0.15, -0.1) is 0 Å². The zero-order valence-corrected chi connectivity index (χ0v) is 22.2. The van der Waals surface area contributed by atoms with Crippen LogP contribution in [0.2, 0.25) is 0 Å². The summed E-state index contributed by atoms with van der Waals surface area (Å²) in [5.41, 5.74) is 6.87. The molecule has 1 heterocycles. The molecule has 4 N–H and O–H groups in total. The average molecular weight is 525 g/mol. The van der Waals surface area contributed by atoms with Gasteiger partial charge in [0.05, 0.1) is 5.84 Å². The second-order valence-electron chi connectivity index (χ2n) is 8.97. The van der Waals surface area contributed by atoms with Crippen molar-refractivity contribution in [1.82, 2.24) is 4.90 Å². The second-order valence-corrected chi connectivity index (χ2v) is 11.3. The molecule has 0 aliphatic carbocycles. The number of hydrogen-bond donors (Lipinski definition) is 3. The molecule has 1 atom stereocenters. The quantitative estimate of drug-likeness (QED) is 0.191. The van der Waals surface area contributed by atoms with Gasteiger partial charge < -0.3 is 29.2 Å². The molecule has 1 aliphatic heterocycles. The van der Waals surface area contributed by atoms with Crippen molar-refractivity contribution in [2.75, 3.05) is 27.3 Å². The minimum atomic E-state index is -3.67. The number of hydrogen-bond acceptors (Lipinski definition) is 7. The molecule has 10 heteroatoms. The Morgan fingerprint density at radius 1 is 0.946 bits per heavy atom. The van der Waals surface area contributed by atoms with Gasteiger partial charge in [-0.2, -0.15) is 0 Å². The third-order valence-electron chi connectivity index (χ3n) is 6.55. The molecular formula is C27H33N4O5P. The number of piperidine rings is 1. The van der Waals surface area contributed by atoms with Crippen LogP contribution < -0.4 is 15.2 Å². The van der Waals surface area contributed by atoms with Gasteiger partial charge in [0, 0.05) is 51.3 Å². The first-order chi connectivity index (χ1) is 17.7. The van der Waals surface area contributed by atoms with E-state index in [0.29, 0.717) is 28.5 Å². The predicted molar refractivity (Wildman–Crippen MR) is 145 cm³/mol. The molecule has 0 amide bonds. The highest BCUT2D eigenvalue weighted by molar-refractivity contribution is 7.54. The molecule has 1 unspecified atom stereocenters. The van der Waals surface area contributed by atoms with Crippen molar-refractivity contribution in [3.63, 3.8) is 0 Å². The van der Waals surface area contributed by atoms with Crippen molar-refractivity contribution in [2.24, 2.45) is 5.73 Å². The van der Waals surface area contributed by atoms with Gasteiger partial charge in [0.15, 0.2) is 0 Å². The third-order valence-corrected chi connectivity index (χ3v) is 8.55. The van der Waals surface area contributed by atoms with E-state index in [2.05, 4.69) is 0 Å². The van der Waals surface area contributed by atoms with E-state index in [9.17, 15) is 4.57 Å². The van der Waals surface area contributed by atoms with Crippen LogP contribution in [0.3, 0.4) is 0 Å². The molecule has 3 aromatic rings. The largest absolute Gasteiger partial charge is 0.490 e. The van der Waals surface area contributed by atoms with Crippen LogP contribution in [0.1, 0.15) is 36.7 Å². The number of ether oxygens (including phenoxy) is 2. The molecule has 1 aliphatic rings. The molecule has 0 saturated carbocycles. The Morgan fingerprint density at radius 3 is 2.16 bits per heavy atom. The normalized spacial score (nSPS) is 15.4. The van der Waals surface area contributed by atoms with Crippen molar-refractivity contribution in [2.45, 2.75) is 31.7 Å². The van der Waals surface area contributed by atoms with E-state index in [1.807, 2.05) is 41.3 Å². The molecule has 0 bridgehead atoms.